The van der Waals surface area contributed by atoms with Gasteiger partial charge in [-0.15, -0.1) is 0 Å². The molecule has 0 saturated carbocycles. The van der Waals surface area contributed by atoms with Crippen molar-refractivity contribution >= 4 is 11.6 Å². The summed E-state index contributed by atoms with van der Waals surface area (Å²) in [5.74, 6) is 1.50. The molecule has 1 amide bonds. The Morgan fingerprint density at radius 3 is 2.92 bits per heavy atom. The van der Waals surface area contributed by atoms with Crippen molar-refractivity contribution in [1.29, 1.82) is 0 Å². The van der Waals surface area contributed by atoms with Crippen LogP contribution >= 0.6 is 0 Å². The second-order valence-electron chi connectivity index (χ2n) is 5.73. The molecule has 6 heteroatoms. The van der Waals surface area contributed by atoms with Crippen molar-refractivity contribution in [3.05, 3.63) is 48.8 Å². The summed E-state index contributed by atoms with van der Waals surface area (Å²) in [6.45, 7) is 1.95. The average Bonchev–Trinajstić information content (AvgIpc) is 3.02. The highest BCUT2D eigenvalue weighted by molar-refractivity contribution is 5.92. The Bertz CT molecular complexity index is 678. The number of carbonyl (C=O) groups excluding carboxylic acids is 1. The zero-order valence-corrected chi connectivity index (χ0v) is 13.6. The topological polar surface area (TPSA) is 63.7 Å². The van der Waals surface area contributed by atoms with Crippen LogP contribution in [0.2, 0.25) is 0 Å². The molecule has 1 fully saturated rings. The van der Waals surface area contributed by atoms with Crippen molar-refractivity contribution in [2.75, 3.05) is 32.1 Å². The summed E-state index contributed by atoms with van der Waals surface area (Å²) in [5.41, 5.74) is 0.739. The van der Waals surface area contributed by atoms with E-state index < -0.39 is 0 Å². The molecule has 1 aliphatic rings. The Morgan fingerprint density at radius 2 is 2.12 bits per heavy atom. The van der Waals surface area contributed by atoms with Gasteiger partial charge < -0.3 is 14.8 Å². The van der Waals surface area contributed by atoms with Gasteiger partial charge >= 0.3 is 0 Å². The van der Waals surface area contributed by atoms with E-state index in [0.29, 0.717) is 6.54 Å². The van der Waals surface area contributed by atoms with E-state index in [1.54, 1.807) is 25.6 Å². The highest BCUT2D eigenvalue weighted by Crippen LogP contribution is 2.19. The normalized spacial score (nSPS) is 17.5. The first-order chi connectivity index (χ1) is 11.7. The highest BCUT2D eigenvalue weighted by Gasteiger charge is 2.25. The van der Waals surface area contributed by atoms with E-state index in [0.717, 1.165) is 36.7 Å². The van der Waals surface area contributed by atoms with Crippen LogP contribution in [0.4, 0.5) is 5.69 Å². The predicted octanol–water partition coefficient (Wildman–Crippen LogP) is 2.18. The number of hydrogen-bond donors (Lipinski definition) is 1. The Morgan fingerprint density at radius 1 is 1.29 bits per heavy atom. The van der Waals surface area contributed by atoms with Gasteiger partial charge in [0.25, 0.3) is 0 Å². The molecule has 1 N–H and O–H groups in total. The van der Waals surface area contributed by atoms with E-state index in [1.165, 1.54) is 0 Å². The zero-order chi connectivity index (χ0) is 16.8. The number of ether oxygens (including phenoxy) is 2. The SMILES string of the molecule is COc1cccc(NC(=O)CN2CCC(Oc3ccncc3)C2)c1. The van der Waals surface area contributed by atoms with Crippen LogP contribution in [0.25, 0.3) is 0 Å². The van der Waals surface area contributed by atoms with Crippen molar-refractivity contribution < 1.29 is 14.3 Å². The van der Waals surface area contributed by atoms with Crippen LogP contribution in [0.1, 0.15) is 6.42 Å². The lowest BCUT2D eigenvalue weighted by molar-refractivity contribution is -0.117. The van der Waals surface area contributed by atoms with E-state index in [4.69, 9.17) is 9.47 Å². The van der Waals surface area contributed by atoms with Crippen LogP contribution < -0.4 is 14.8 Å². The maximum absolute atomic E-state index is 12.2. The van der Waals surface area contributed by atoms with Gasteiger partial charge in [-0.3, -0.25) is 14.7 Å². The Hall–Kier alpha value is -2.60. The minimum absolute atomic E-state index is 0.0344. The van der Waals surface area contributed by atoms with Gasteiger partial charge in [0.1, 0.15) is 17.6 Å². The van der Waals surface area contributed by atoms with Crippen molar-refractivity contribution in [2.24, 2.45) is 0 Å². The van der Waals surface area contributed by atoms with Crippen molar-refractivity contribution in [3.8, 4) is 11.5 Å². The molecule has 24 heavy (non-hydrogen) atoms. The number of nitrogens with zero attached hydrogens (tertiary/aromatic N) is 2. The molecule has 0 radical (unpaired) electrons. The van der Waals surface area contributed by atoms with Crippen LogP contribution in [-0.2, 0) is 4.79 Å². The quantitative estimate of drug-likeness (QED) is 0.881. The second-order valence-corrected chi connectivity index (χ2v) is 5.73. The molecule has 1 aromatic heterocycles. The van der Waals surface area contributed by atoms with Crippen molar-refractivity contribution in [2.45, 2.75) is 12.5 Å². The van der Waals surface area contributed by atoms with E-state index in [9.17, 15) is 4.79 Å². The summed E-state index contributed by atoms with van der Waals surface area (Å²) in [5, 5.41) is 2.90. The standard InChI is InChI=1S/C18H21N3O3/c1-23-16-4-2-3-14(11-16)20-18(22)13-21-10-7-17(12-21)24-15-5-8-19-9-6-15/h2-6,8-9,11,17H,7,10,12-13H2,1H3,(H,20,22). The number of benzene rings is 1. The second kappa shape index (κ2) is 7.79. The maximum Gasteiger partial charge on any atom is 0.238 e. The third-order valence-corrected chi connectivity index (χ3v) is 3.90. The first-order valence-corrected chi connectivity index (χ1v) is 7.96. The molecule has 0 spiro atoms. The fraction of sp³-hybridized carbons (Fsp3) is 0.333. The van der Waals surface area contributed by atoms with Gasteiger partial charge in [0, 0.05) is 37.2 Å². The molecule has 2 heterocycles. The third kappa shape index (κ3) is 4.45. The van der Waals surface area contributed by atoms with Gasteiger partial charge in [0.2, 0.25) is 5.91 Å². The molecular formula is C18H21N3O3. The molecule has 1 unspecified atom stereocenters. The summed E-state index contributed by atoms with van der Waals surface area (Å²) >= 11 is 0. The largest absolute Gasteiger partial charge is 0.497 e. The Labute approximate surface area is 141 Å². The summed E-state index contributed by atoms with van der Waals surface area (Å²) in [6, 6.07) is 11.0. The van der Waals surface area contributed by atoms with Crippen LogP contribution in [0.3, 0.4) is 0 Å². The van der Waals surface area contributed by atoms with Crippen LogP contribution in [-0.4, -0.2) is 48.6 Å². The first kappa shape index (κ1) is 16.3. The number of methoxy groups -OCH3 is 1. The molecule has 6 nitrogen and oxygen atoms in total. The lowest BCUT2D eigenvalue weighted by atomic mass is 10.3. The summed E-state index contributed by atoms with van der Waals surface area (Å²) in [6.07, 6.45) is 4.44. The number of rotatable bonds is 6. The average molecular weight is 327 g/mol. The lowest BCUT2D eigenvalue weighted by Gasteiger charge is -2.16. The zero-order valence-electron chi connectivity index (χ0n) is 13.6. The van der Waals surface area contributed by atoms with Crippen LogP contribution in [0, 0.1) is 0 Å². The molecule has 0 aliphatic carbocycles. The monoisotopic (exact) mass is 327 g/mol. The van der Waals surface area contributed by atoms with Gasteiger partial charge in [0.05, 0.1) is 13.7 Å². The number of hydrogen-bond acceptors (Lipinski definition) is 5. The van der Waals surface area contributed by atoms with E-state index in [2.05, 4.69) is 15.2 Å². The van der Waals surface area contributed by atoms with Gasteiger partial charge in [-0.05, 0) is 30.7 Å². The summed E-state index contributed by atoms with van der Waals surface area (Å²) in [4.78, 5) is 18.3. The molecule has 3 rings (SSSR count). The molecule has 1 aromatic carbocycles. The predicted molar refractivity (Wildman–Crippen MR) is 91.3 cm³/mol. The minimum Gasteiger partial charge on any atom is -0.497 e. The minimum atomic E-state index is -0.0344. The van der Waals surface area contributed by atoms with Gasteiger partial charge in [0.15, 0.2) is 0 Å². The number of pyridine rings is 1. The number of likely N-dealkylation sites (tertiary alicyclic amines) is 1. The molecule has 0 bridgehead atoms. The fourth-order valence-electron chi connectivity index (χ4n) is 2.75. The number of amides is 1. The van der Waals surface area contributed by atoms with E-state index in [-0.39, 0.29) is 12.0 Å². The molecule has 1 aliphatic heterocycles. The Kier molecular flexibility index (Phi) is 5.28. The van der Waals surface area contributed by atoms with Crippen molar-refractivity contribution in [1.82, 2.24) is 9.88 Å². The molecule has 2 aromatic rings. The summed E-state index contributed by atoms with van der Waals surface area (Å²) < 4.78 is 11.1. The third-order valence-electron chi connectivity index (χ3n) is 3.90. The first-order valence-electron chi connectivity index (χ1n) is 7.96. The van der Waals surface area contributed by atoms with Gasteiger partial charge in [-0.25, -0.2) is 0 Å². The molecule has 1 saturated heterocycles. The maximum atomic E-state index is 12.2. The number of nitrogens with one attached hydrogen (secondary N) is 1. The van der Waals surface area contributed by atoms with Gasteiger partial charge in [-0.1, -0.05) is 6.07 Å². The van der Waals surface area contributed by atoms with Crippen LogP contribution in [0.5, 0.6) is 11.5 Å². The molecule has 126 valence electrons. The number of anilines is 1. The smallest absolute Gasteiger partial charge is 0.238 e. The Balaban J connectivity index is 1.47. The van der Waals surface area contributed by atoms with E-state index >= 15 is 0 Å². The number of carbonyl (C=O) groups is 1. The summed E-state index contributed by atoms with van der Waals surface area (Å²) in [7, 11) is 1.61. The van der Waals surface area contributed by atoms with Crippen molar-refractivity contribution in [3.63, 3.8) is 0 Å². The highest BCUT2D eigenvalue weighted by atomic mass is 16.5. The van der Waals surface area contributed by atoms with Crippen LogP contribution in [0.15, 0.2) is 48.8 Å². The lowest BCUT2D eigenvalue weighted by Crippen LogP contribution is -2.33. The molecule has 1 atom stereocenters. The fourth-order valence-corrected chi connectivity index (χ4v) is 2.75. The molecular weight excluding hydrogens is 306 g/mol. The number of aromatic nitrogens is 1. The van der Waals surface area contributed by atoms with E-state index in [1.807, 2.05) is 30.3 Å². The van der Waals surface area contributed by atoms with Gasteiger partial charge in [-0.2, -0.15) is 0 Å².